The van der Waals surface area contributed by atoms with Gasteiger partial charge in [0.15, 0.2) is 0 Å². The van der Waals surface area contributed by atoms with Crippen molar-refractivity contribution in [1.82, 2.24) is 14.8 Å². The number of benzene rings is 1. The molecule has 5 nitrogen and oxygen atoms in total. The molecule has 1 fully saturated rings. The molecule has 0 saturated heterocycles. The molecule has 0 spiro atoms. The van der Waals surface area contributed by atoms with Gasteiger partial charge in [-0.1, -0.05) is 0 Å². The van der Waals surface area contributed by atoms with Gasteiger partial charge in [-0.15, -0.1) is 0 Å². The van der Waals surface area contributed by atoms with Crippen molar-refractivity contribution in [3.63, 3.8) is 0 Å². The zero-order valence-corrected chi connectivity index (χ0v) is 14.1. The summed E-state index contributed by atoms with van der Waals surface area (Å²) in [5, 5.41) is 7.55. The number of hydrogen-bond acceptors (Lipinski definition) is 3. The van der Waals surface area contributed by atoms with Crippen LogP contribution >= 0.6 is 0 Å². The minimum atomic E-state index is -0.0347. The lowest BCUT2D eigenvalue weighted by Gasteiger charge is -2.09. The molecule has 4 rings (SSSR count). The highest BCUT2D eigenvalue weighted by Crippen LogP contribution is 2.41. The van der Waals surface area contributed by atoms with Gasteiger partial charge in [-0.05, 0) is 67.8 Å². The van der Waals surface area contributed by atoms with E-state index >= 15 is 0 Å². The Morgan fingerprint density at radius 1 is 1.16 bits per heavy atom. The molecular weight excluding hydrogens is 312 g/mol. The molecule has 2 heterocycles. The van der Waals surface area contributed by atoms with Crippen molar-refractivity contribution in [2.24, 2.45) is 0 Å². The molecule has 0 atom stereocenters. The van der Waals surface area contributed by atoms with E-state index in [2.05, 4.69) is 21.5 Å². The second kappa shape index (κ2) is 6.51. The van der Waals surface area contributed by atoms with Crippen molar-refractivity contribution in [1.29, 1.82) is 0 Å². The van der Waals surface area contributed by atoms with Crippen LogP contribution in [-0.2, 0) is 11.2 Å². The summed E-state index contributed by atoms with van der Waals surface area (Å²) in [5.41, 5.74) is 5.09. The third-order valence-corrected chi connectivity index (χ3v) is 4.36. The van der Waals surface area contributed by atoms with E-state index in [4.69, 9.17) is 0 Å². The molecule has 0 radical (unpaired) electrons. The average molecular weight is 332 g/mol. The van der Waals surface area contributed by atoms with Crippen LogP contribution in [0.1, 0.15) is 35.7 Å². The maximum absolute atomic E-state index is 12.1. The van der Waals surface area contributed by atoms with Crippen LogP contribution in [0.3, 0.4) is 0 Å². The highest BCUT2D eigenvalue weighted by atomic mass is 16.1. The number of aromatic nitrogens is 3. The third kappa shape index (κ3) is 3.60. The van der Waals surface area contributed by atoms with Crippen LogP contribution in [0, 0.1) is 6.92 Å². The van der Waals surface area contributed by atoms with E-state index in [0.717, 1.165) is 22.6 Å². The van der Waals surface area contributed by atoms with Crippen LogP contribution in [0.15, 0.2) is 54.9 Å². The Hall–Kier alpha value is -2.95. The van der Waals surface area contributed by atoms with Crippen LogP contribution < -0.4 is 5.32 Å². The van der Waals surface area contributed by atoms with Crippen molar-refractivity contribution < 1.29 is 4.79 Å². The first-order valence-corrected chi connectivity index (χ1v) is 8.55. The lowest BCUT2D eigenvalue weighted by molar-refractivity contribution is -0.115. The number of amides is 1. The Balaban J connectivity index is 1.46. The van der Waals surface area contributed by atoms with E-state index in [-0.39, 0.29) is 5.91 Å². The van der Waals surface area contributed by atoms with Crippen molar-refractivity contribution in [2.45, 2.75) is 32.1 Å². The molecular formula is C20H20N4O. The minimum Gasteiger partial charge on any atom is -0.326 e. The lowest BCUT2D eigenvalue weighted by atomic mass is 10.2. The van der Waals surface area contributed by atoms with Crippen LogP contribution in [-0.4, -0.2) is 20.7 Å². The van der Waals surface area contributed by atoms with Crippen molar-refractivity contribution >= 4 is 11.6 Å². The summed E-state index contributed by atoms with van der Waals surface area (Å²) < 4.78 is 2.02. The second-order valence-corrected chi connectivity index (χ2v) is 6.52. The number of carbonyl (C=O) groups is 1. The number of carbonyl (C=O) groups excluding carboxylic acids is 1. The highest BCUT2D eigenvalue weighted by molar-refractivity contribution is 5.92. The molecule has 1 N–H and O–H groups in total. The van der Waals surface area contributed by atoms with Gasteiger partial charge in [-0.25, -0.2) is 4.68 Å². The first kappa shape index (κ1) is 15.6. The zero-order valence-electron chi connectivity index (χ0n) is 14.1. The quantitative estimate of drug-likeness (QED) is 0.776. The summed E-state index contributed by atoms with van der Waals surface area (Å²) in [7, 11) is 0. The van der Waals surface area contributed by atoms with Crippen molar-refractivity contribution in [3.05, 3.63) is 71.8 Å². The Bertz CT molecular complexity index is 880. The summed E-state index contributed by atoms with van der Waals surface area (Å²) >= 11 is 0. The van der Waals surface area contributed by atoms with Gasteiger partial charge in [0, 0.05) is 29.7 Å². The van der Waals surface area contributed by atoms with E-state index in [1.165, 1.54) is 18.5 Å². The minimum absolute atomic E-state index is 0.0347. The van der Waals surface area contributed by atoms with Crippen LogP contribution in [0.4, 0.5) is 5.69 Å². The van der Waals surface area contributed by atoms with Gasteiger partial charge in [0.05, 0.1) is 17.8 Å². The van der Waals surface area contributed by atoms with Gasteiger partial charge in [0.2, 0.25) is 5.91 Å². The van der Waals surface area contributed by atoms with Gasteiger partial charge in [0.1, 0.15) is 0 Å². The topological polar surface area (TPSA) is 59.8 Å². The molecule has 1 amide bonds. The van der Waals surface area contributed by atoms with E-state index in [9.17, 15) is 4.79 Å². The van der Waals surface area contributed by atoms with Crippen LogP contribution in [0.25, 0.3) is 5.69 Å². The molecule has 25 heavy (non-hydrogen) atoms. The first-order valence-electron chi connectivity index (χ1n) is 8.55. The molecule has 3 aromatic rings. The summed E-state index contributed by atoms with van der Waals surface area (Å²) in [4.78, 5) is 16.1. The van der Waals surface area contributed by atoms with Gasteiger partial charge < -0.3 is 5.32 Å². The lowest BCUT2D eigenvalue weighted by Crippen LogP contribution is -2.14. The number of hydrogen-bond donors (Lipinski definition) is 1. The number of aryl methyl sites for hydroxylation is 1. The summed E-state index contributed by atoms with van der Waals surface area (Å²) in [6.07, 6.45) is 6.22. The van der Waals surface area contributed by atoms with E-state index < -0.39 is 0 Å². The number of nitrogens with zero attached hydrogens (tertiary/aromatic N) is 3. The Labute approximate surface area is 146 Å². The van der Waals surface area contributed by atoms with E-state index in [1.807, 2.05) is 48.0 Å². The SMILES string of the molecule is Cc1cc(C2CC2)n(-c2ccc(NC(=O)Cc3ccncc3)cc2)n1. The summed E-state index contributed by atoms with van der Waals surface area (Å²) in [6.45, 7) is 2.02. The zero-order chi connectivity index (χ0) is 17.2. The first-order chi connectivity index (χ1) is 12.2. The van der Waals surface area contributed by atoms with Gasteiger partial charge in [0.25, 0.3) is 0 Å². The van der Waals surface area contributed by atoms with Crippen LogP contribution in [0.5, 0.6) is 0 Å². The van der Waals surface area contributed by atoms with Crippen molar-refractivity contribution in [2.75, 3.05) is 5.32 Å². The predicted molar refractivity (Wildman–Crippen MR) is 96.8 cm³/mol. The van der Waals surface area contributed by atoms with Gasteiger partial charge in [-0.2, -0.15) is 5.10 Å². The molecule has 2 aromatic heterocycles. The monoisotopic (exact) mass is 332 g/mol. The predicted octanol–water partition coefficient (Wildman–Crippen LogP) is 3.63. The summed E-state index contributed by atoms with van der Waals surface area (Å²) in [5.74, 6) is 0.605. The molecule has 0 aliphatic heterocycles. The highest BCUT2D eigenvalue weighted by Gasteiger charge is 2.28. The standard InChI is InChI=1S/C20H20N4O/c1-14-12-19(16-2-3-16)24(23-14)18-6-4-17(5-7-18)22-20(25)13-15-8-10-21-11-9-15/h4-12,16H,2-3,13H2,1H3,(H,22,25). The number of anilines is 1. The normalized spacial score (nSPS) is 13.6. The molecule has 126 valence electrons. The molecule has 1 aliphatic carbocycles. The fourth-order valence-corrected chi connectivity index (χ4v) is 2.97. The van der Waals surface area contributed by atoms with E-state index in [1.54, 1.807) is 12.4 Å². The molecule has 1 aromatic carbocycles. The number of nitrogens with one attached hydrogen (secondary N) is 1. The maximum Gasteiger partial charge on any atom is 0.228 e. The summed E-state index contributed by atoms with van der Waals surface area (Å²) in [6, 6.07) is 13.7. The molecule has 0 bridgehead atoms. The van der Waals surface area contributed by atoms with Crippen molar-refractivity contribution in [3.8, 4) is 5.69 Å². The van der Waals surface area contributed by atoms with Crippen LogP contribution in [0.2, 0.25) is 0 Å². The second-order valence-electron chi connectivity index (χ2n) is 6.52. The Morgan fingerprint density at radius 2 is 1.88 bits per heavy atom. The third-order valence-electron chi connectivity index (χ3n) is 4.36. The smallest absolute Gasteiger partial charge is 0.228 e. The fraction of sp³-hybridized carbons (Fsp3) is 0.250. The Morgan fingerprint density at radius 3 is 2.56 bits per heavy atom. The fourth-order valence-electron chi connectivity index (χ4n) is 2.97. The molecule has 5 heteroatoms. The molecule has 1 aliphatic rings. The number of rotatable bonds is 5. The number of pyridine rings is 1. The molecule has 0 unspecified atom stereocenters. The average Bonchev–Trinajstić information content (AvgIpc) is 3.38. The largest absolute Gasteiger partial charge is 0.326 e. The van der Waals surface area contributed by atoms with E-state index in [0.29, 0.717) is 12.3 Å². The van der Waals surface area contributed by atoms with Gasteiger partial charge >= 0.3 is 0 Å². The molecule has 1 saturated carbocycles. The maximum atomic E-state index is 12.1. The Kier molecular flexibility index (Phi) is 4.06. The van der Waals surface area contributed by atoms with Gasteiger partial charge in [-0.3, -0.25) is 9.78 Å².